The van der Waals surface area contributed by atoms with Gasteiger partial charge < -0.3 is 10.5 Å². The number of aryl methyl sites for hydroxylation is 2. The van der Waals surface area contributed by atoms with Gasteiger partial charge in [-0.1, -0.05) is 18.2 Å². The van der Waals surface area contributed by atoms with Gasteiger partial charge in [0.05, 0.1) is 18.6 Å². The van der Waals surface area contributed by atoms with Gasteiger partial charge in [-0.05, 0) is 55.2 Å². The molecule has 0 aliphatic heterocycles. The Morgan fingerprint density at radius 3 is 2.30 bits per heavy atom. The number of nitrogens with two attached hydrogens (primary N) is 1. The van der Waals surface area contributed by atoms with E-state index < -0.39 is 36.0 Å². The average molecular weight is 383 g/mol. The maximum atomic E-state index is 14.6. The molecule has 2 rings (SSSR count). The third-order valence-corrected chi connectivity index (χ3v) is 4.27. The van der Waals surface area contributed by atoms with Gasteiger partial charge in [0.25, 0.3) is 0 Å². The SMILES string of the molecule is CCOC(=O)CC(N)c1cc(-c2c(C)cccc2C)cc(C(F)(F)F)c1F. The Morgan fingerprint density at radius 1 is 1.19 bits per heavy atom. The van der Waals surface area contributed by atoms with E-state index in [0.29, 0.717) is 5.56 Å². The van der Waals surface area contributed by atoms with Crippen molar-refractivity contribution in [1.29, 1.82) is 0 Å². The first kappa shape index (κ1) is 20.9. The van der Waals surface area contributed by atoms with Crippen LogP contribution in [-0.4, -0.2) is 12.6 Å². The zero-order valence-corrected chi connectivity index (χ0v) is 15.3. The highest BCUT2D eigenvalue weighted by molar-refractivity contribution is 5.73. The summed E-state index contributed by atoms with van der Waals surface area (Å²) >= 11 is 0. The minimum Gasteiger partial charge on any atom is -0.466 e. The lowest BCUT2D eigenvalue weighted by Crippen LogP contribution is -2.20. The molecule has 27 heavy (non-hydrogen) atoms. The lowest BCUT2D eigenvalue weighted by Gasteiger charge is -2.19. The maximum Gasteiger partial charge on any atom is 0.419 e. The third-order valence-electron chi connectivity index (χ3n) is 4.27. The molecule has 0 heterocycles. The third kappa shape index (κ3) is 4.66. The summed E-state index contributed by atoms with van der Waals surface area (Å²) in [7, 11) is 0. The van der Waals surface area contributed by atoms with E-state index in [0.717, 1.165) is 17.2 Å². The van der Waals surface area contributed by atoms with Crippen molar-refractivity contribution in [2.75, 3.05) is 6.61 Å². The molecule has 0 fully saturated rings. The number of esters is 1. The van der Waals surface area contributed by atoms with Crippen LogP contribution in [0.4, 0.5) is 17.6 Å². The number of halogens is 4. The van der Waals surface area contributed by atoms with Crippen LogP contribution < -0.4 is 5.73 Å². The lowest BCUT2D eigenvalue weighted by molar-refractivity contribution is -0.143. The number of hydrogen-bond donors (Lipinski definition) is 1. The molecule has 2 aromatic rings. The van der Waals surface area contributed by atoms with E-state index in [4.69, 9.17) is 10.5 Å². The highest BCUT2D eigenvalue weighted by Gasteiger charge is 2.37. The zero-order chi connectivity index (χ0) is 20.4. The fourth-order valence-corrected chi connectivity index (χ4v) is 3.05. The summed E-state index contributed by atoms with van der Waals surface area (Å²) in [5, 5.41) is 0. The highest BCUT2D eigenvalue weighted by atomic mass is 19.4. The van der Waals surface area contributed by atoms with Gasteiger partial charge in [0, 0.05) is 11.6 Å². The predicted octanol–water partition coefficient (Wildman–Crippen LogP) is 5.08. The average Bonchev–Trinajstić information content (AvgIpc) is 2.54. The summed E-state index contributed by atoms with van der Waals surface area (Å²) in [6, 6.07) is 6.12. The molecule has 1 atom stereocenters. The second-order valence-electron chi connectivity index (χ2n) is 6.31. The predicted molar refractivity (Wildman–Crippen MR) is 94.5 cm³/mol. The van der Waals surface area contributed by atoms with Gasteiger partial charge in [0.15, 0.2) is 0 Å². The van der Waals surface area contributed by atoms with E-state index in [1.807, 2.05) is 0 Å². The van der Waals surface area contributed by atoms with Crippen molar-refractivity contribution in [3.8, 4) is 11.1 Å². The van der Waals surface area contributed by atoms with Crippen molar-refractivity contribution >= 4 is 5.97 Å². The fourth-order valence-electron chi connectivity index (χ4n) is 3.05. The Kier molecular flexibility index (Phi) is 6.26. The Morgan fingerprint density at radius 2 is 1.78 bits per heavy atom. The van der Waals surface area contributed by atoms with Crippen LogP contribution in [0.15, 0.2) is 30.3 Å². The van der Waals surface area contributed by atoms with Crippen LogP contribution in [0, 0.1) is 19.7 Å². The van der Waals surface area contributed by atoms with Gasteiger partial charge in [-0.25, -0.2) is 4.39 Å². The summed E-state index contributed by atoms with van der Waals surface area (Å²) in [6.07, 6.45) is -5.31. The first-order valence-corrected chi connectivity index (χ1v) is 8.44. The molecular weight excluding hydrogens is 362 g/mol. The summed E-state index contributed by atoms with van der Waals surface area (Å²) < 4.78 is 59.6. The van der Waals surface area contributed by atoms with Crippen molar-refractivity contribution in [2.24, 2.45) is 5.73 Å². The molecular formula is C20H21F4NO2. The summed E-state index contributed by atoms with van der Waals surface area (Å²) in [6.45, 7) is 5.21. The van der Waals surface area contributed by atoms with E-state index in [2.05, 4.69) is 0 Å². The van der Waals surface area contributed by atoms with Crippen molar-refractivity contribution < 1.29 is 27.1 Å². The number of carbonyl (C=O) groups excluding carboxylic acids is 1. The highest BCUT2D eigenvalue weighted by Crippen LogP contribution is 2.39. The van der Waals surface area contributed by atoms with Gasteiger partial charge in [0.2, 0.25) is 0 Å². The molecule has 0 aliphatic rings. The van der Waals surface area contributed by atoms with E-state index in [1.54, 1.807) is 39.0 Å². The quantitative estimate of drug-likeness (QED) is 0.579. The van der Waals surface area contributed by atoms with Crippen LogP contribution in [0.5, 0.6) is 0 Å². The molecule has 3 nitrogen and oxygen atoms in total. The second-order valence-corrected chi connectivity index (χ2v) is 6.31. The van der Waals surface area contributed by atoms with Gasteiger partial charge >= 0.3 is 12.1 Å². The number of benzene rings is 2. The molecule has 0 aliphatic carbocycles. The molecule has 146 valence electrons. The van der Waals surface area contributed by atoms with Crippen molar-refractivity contribution in [3.63, 3.8) is 0 Å². The summed E-state index contributed by atoms with van der Waals surface area (Å²) in [5.74, 6) is -2.16. The van der Waals surface area contributed by atoms with Gasteiger partial charge in [-0.3, -0.25) is 4.79 Å². The van der Waals surface area contributed by atoms with Gasteiger partial charge in [0.1, 0.15) is 5.82 Å². The lowest BCUT2D eigenvalue weighted by atomic mass is 9.90. The molecule has 2 N–H and O–H groups in total. The van der Waals surface area contributed by atoms with Crippen molar-refractivity contribution in [2.45, 2.75) is 39.4 Å². The second kappa shape index (κ2) is 8.08. The van der Waals surface area contributed by atoms with Crippen LogP contribution in [0.1, 0.15) is 41.6 Å². The molecule has 7 heteroatoms. The summed E-state index contributed by atoms with van der Waals surface area (Å²) in [5.41, 5.74) is 6.36. The first-order valence-electron chi connectivity index (χ1n) is 8.44. The van der Waals surface area contributed by atoms with Crippen LogP contribution in [0.2, 0.25) is 0 Å². The van der Waals surface area contributed by atoms with E-state index in [1.165, 1.54) is 6.07 Å². The zero-order valence-electron chi connectivity index (χ0n) is 15.3. The maximum absolute atomic E-state index is 14.6. The number of rotatable bonds is 5. The van der Waals surface area contributed by atoms with Gasteiger partial charge in [-0.15, -0.1) is 0 Å². The standard InChI is InChI=1S/C20H21F4NO2/c1-4-27-17(26)10-16(25)14-8-13(9-15(19(14)21)20(22,23)24)18-11(2)6-5-7-12(18)3/h5-9,16H,4,10,25H2,1-3H3. The molecule has 0 aromatic heterocycles. The van der Waals surface area contributed by atoms with Crippen molar-refractivity contribution in [1.82, 2.24) is 0 Å². The number of alkyl halides is 3. The Balaban J connectivity index is 2.65. The molecule has 2 aromatic carbocycles. The fraction of sp³-hybridized carbons (Fsp3) is 0.350. The Bertz CT molecular complexity index is 826. The van der Waals surface area contributed by atoms with E-state index >= 15 is 0 Å². The number of hydrogen-bond acceptors (Lipinski definition) is 3. The molecule has 0 bridgehead atoms. The first-order chi connectivity index (χ1) is 12.6. The minimum atomic E-state index is -4.89. The monoisotopic (exact) mass is 383 g/mol. The number of carbonyl (C=O) groups is 1. The Hall–Kier alpha value is -2.41. The van der Waals surface area contributed by atoms with Crippen LogP contribution >= 0.6 is 0 Å². The van der Waals surface area contributed by atoms with E-state index in [-0.39, 0.29) is 17.7 Å². The van der Waals surface area contributed by atoms with Gasteiger partial charge in [-0.2, -0.15) is 13.2 Å². The normalized spacial score (nSPS) is 12.7. The number of ether oxygens (including phenoxy) is 1. The largest absolute Gasteiger partial charge is 0.466 e. The molecule has 0 spiro atoms. The minimum absolute atomic E-state index is 0.101. The molecule has 0 saturated carbocycles. The van der Waals surface area contributed by atoms with Crippen LogP contribution in [0.3, 0.4) is 0 Å². The van der Waals surface area contributed by atoms with Crippen LogP contribution in [-0.2, 0) is 15.7 Å². The summed E-state index contributed by atoms with van der Waals surface area (Å²) in [4.78, 5) is 11.6. The van der Waals surface area contributed by atoms with E-state index in [9.17, 15) is 22.4 Å². The topological polar surface area (TPSA) is 52.3 Å². The molecule has 0 amide bonds. The van der Waals surface area contributed by atoms with Crippen LogP contribution in [0.25, 0.3) is 11.1 Å². The molecule has 0 radical (unpaired) electrons. The van der Waals surface area contributed by atoms with Crippen molar-refractivity contribution in [3.05, 3.63) is 58.4 Å². The molecule has 1 unspecified atom stereocenters. The smallest absolute Gasteiger partial charge is 0.419 e. The Labute approximate surface area is 155 Å². The molecule has 0 saturated heterocycles.